The summed E-state index contributed by atoms with van der Waals surface area (Å²) in [5.41, 5.74) is 0. The predicted molar refractivity (Wildman–Crippen MR) is 75.8 cm³/mol. The highest BCUT2D eigenvalue weighted by atomic mass is 16.5. The van der Waals surface area contributed by atoms with Gasteiger partial charge in [0.05, 0.1) is 12.7 Å². The molecule has 0 radical (unpaired) electrons. The van der Waals surface area contributed by atoms with Crippen molar-refractivity contribution in [2.75, 3.05) is 19.8 Å². The Labute approximate surface area is 112 Å². The summed E-state index contributed by atoms with van der Waals surface area (Å²) < 4.78 is 5.64. The second-order valence-electron chi connectivity index (χ2n) is 5.64. The van der Waals surface area contributed by atoms with Crippen LogP contribution in [0.1, 0.15) is 58.8 Å². The Morgan fingerprint density at radius 3 is 2.61 bits per heavy atom. The number of hydrogen-bond acceptors (Lipinski definition) is 3. The van der Waals surface area contributed by atoms with Gasteiger partial charge >= 0.3 is 0 Å². The summed E-state index contributed by atoms with van der Waals surface area (Å²) in [6.07, 6.45) is 8.48. The van der Waals surface area contributed by atoms with Crippen LogP contribution < -0.4 is 5.32 Å². The highest BCUT2D eigenvalue weighted by Gasteiger charge is 2.17. The monoisotopic (exact) mass is 257 g/mol. The van der Waals surface area contributed by atoms with E-state index in [9.17, 15) is 5.11 Å². The Hall–Kier alpha value is -0.120. The smallest absolute Gasteiger partial charge is 0.0897 e. The van der Waals surface area contributed by atoms with Gasteiger partial charge in [0.25, 0.3) is 0 Å². The maximum absolute atomic E-state index is 9.79. The molecule has 0 aromatic heterocycles. The first-order valence-electron chi connectivity index (χ1n) is 7.75. The molecule has 0 aromatic carbocycles. The first-order chi connectivity index (χ1) is 8.76. The molecule has 0 spiro atoms. The van der Waals surface area contributed by atoms with Crippen molar-refractivity contribution in [3.63, 3.8) is 0 Å². The van der Waals surface area contributed by atoms with E-state index in [0.29, 0.717) is 25.1 Å². The van der Waals surface area contributed by atoms with E-state index in [-0.39, 0.29) is 6.10 Å². The van der Waals surface area contributed by atoms with E-state index < -0.39 is 0 Å². The molecule has 0 amide bonds. The number of rotatable bonds is 11. The van der Waals surface area contributed by atoms with Crippen molar-refractivity contribution < 1.29 is 9.84 Å². The lowest BCUT2D eigenvalue weighted by Gasteiger charge is -2.27. The van der Waals surface area contributed by atoms with Crippen molar-refractivity contribution in [2.45, 2.75) is 70.9 Å². The van der Waals surface area contributed by atoms with Gasteiger partial charge in [-0.2, -0.15) is 0 Å². The zero-order valence-electron chi connectivity index (χ0n) is 12.2. The van der Waals surface area contributed by atoms with Crippen LogP contribution >= 0.6 is 0 Å². The Morgan fingerprint density at radius 1 is 1.28 bits per heavy atom. The van der Waals surface area contributed by atoms with E-state index in [1.54, 1.807) is 0 Å². The van der Waals surface area contributed by atoms with Crippen LogP contribution in [0, 0.1) is 5.92 Å². The van der Waals surface area contributed by atoms with Crippen molar-refractivity contribution in [2.24, 2.45) is 5.92 Å². The third-order valence-corrected chi connectivity index (χ3v) is 3.95. The van der Waals surface area contributed by atoms with Gasteiger partial charge in [-0.05, 0) is 25.2 Å². The number of nitrogens with one attached hydrogen (secondary N) is 1. The van der Waals surface area contributed by atoms with Gasteiger partial charge in [-0.3, -0.25) is 0 Å². The van der Waals surface area contributed by atoms with E-state index in [0.717, 1.165) is 6.61 Å². The van der Waals surface area contributed by atoms with Crippen LogP contribution in [-0.2, 0) is 4.74 Å². The normalized spacial score (nSPS) is 19.5. The van der Waals surface area contributed by atoms with Crippen molar-refractivity contribution in [3.05, 3.63) is 0 Å². The van der Waals surface area contributed by atoms with Gasteiger partial charge in [-0.15, -0.1) is 0 Å². The molecular weight excluding hydrogens is 226 g/mol. The number of hydrogen-bond donors (Lipinski definition) is 2. The second-order valence-corrected chi connectivity index (χ2v) is 5.64. The van der Waals surface area contributed by atoms with Crippen LogP contribution in [0.25, 0.3) is 0 Å². The number of aliphatic hydroxyl groups is 1. The molecule has 1 fully saturated rings. The van der Waals surface area contributed by atoms with Crippen molar-refractivity contribution in [1.29, 1.82) is 0 Å². The number of unbranched alkanes of at least 4 members (excludes halogenated alkanes) is 1. The van der Waals surface area contributed by atoms with E-state index >= 15 is 0 Å². The van der Waals surface area contributed by atoms with Crippen LogP contribution in [-0.4, -0.2) is 37.0 Å². The lowest BCUT2D eigenvalue weighted by molar-refractivity contribution is 0.0172. The van der Waals surface area contributed by atoms with Gasteiger partial charge in [-0.1, -0.05) is 39.5 Å². The molecule has 1 aliphatic rings. The van der Waals surface area contributed by atoms with Gasteiger partial charge in [0, 0.05) is 19.2 Å². The van der Waals surface area contributed by atoms with Gasteiger partial charge in [-0.25, -0.2) is 0 Å². The highest BCUT2D eigenvalue weighted by Crippen LogP contribution is 2.17. The van der Waals surface area contributed by atoms with Crippen LogP contribution in [0.2, 0.25) is 0 Å². The summed E-state index contributed by atoms with van der Waals surface area (Å²) in [6, 6.07) is 0.646. The SMILES string of the molecule is CCCCC(CC)COCC(O)CNC1CCC1. The molecule has 3 nitrogen and oxygen atoms in total. The number of aliphatic hydroxyl groups excluding tert-OH is 1. The molecule has 2 unspecified atom stereocenters. The molecule has 2 atom stereocenters. The standard InChI is InChI=1S/C15H31NO2/c1-3-5-7-13(4-2)11-18-12-15(17)10-16-14-8-6-9-14/h13-17H,3-12H2,1-2H3. The lowest BCUT2D eigenvalue weighted by Crippen LogP contribution is -2.41. The molecule has 0 saturated heterocycles. The average Bonchev–Trinajstić information content (AvgIpc) is 2.31. The molecular formula is C15H31NO2. The van der Waals surface area contributed by atoms with Gasteiger partial charge in [0.2, 0.25) is 0 Å². The summed E-state index contributed by atoms with van der Waals surface area (Å²) in [7, 11) is 0. The van der Waals surface area contributed by atoms with E-state index in [4.69, 9.17) is 4.74 Å². The first-order valence-corrected chi connectivity index (χ1v) is 7.75. The fourth-order valence-electron chi connectivity index (χ4n) is 2.24. The Kier molecular flexibility index (Phi) is 8.64. The topological polar surface area (TPSA) is 41.5 Å². The predicted octanol–water partition coefficient (Wildman–Crippen LogP) is 2.72. The molecule has 0 aliphatic heterocycles. The van der Waals surface area contributed by atoms with Crippen molar-refractivity contribution in [3.8, 4) is 0 Å². The lowest BCUT2D eigenvalue weighted by atomic mass is 9.93. The summed E-state index contributed by atoms with van der Waals surface area (Å²) >= 11 is 0. The largest absolute Gasteiger partial charge is 0.389 e. The molecule has 1 aliphatic carbocycles. The summed E-state index contributed by atoms with van der Waals surface area (Å²) in [5, 5.41) is 13.2. The maximum atomic E-state index is 9.79. The minimum atomic E-state index is -0.353. The Morgan fingerprint density at radius 2 is 2.06 bits per heavy atom. The maximum Gasteiger partial charge on any atom is 0.0897 e. The number of ether oxygens (including phenoxy) is 1. The van der Waals surface area contributed by atoms with Crippen LogP contribution in [0.4, 0.5) is 0 Å². The van der Waals surface area contributed by atoms with E-state index in [1.807, 2.05) is 0 Å². The highest BCUT2D eigenvalue weighted by molar-refractivity contribution is 4.77. The minimum absolute atomic E-state index is 0.353. The Bertz CT molecular complexity index is 195. The second kappa shape index (κ2) is 9.76. The molecule has 18 heavy (non-hydrogen) atoms. The fourth-order valence-corrected chi connectivity index (χ4v) is 2.24. The Balaban J connectivity index is 1.96. The quantitative estimate of drug-likeness (QED) is 0.598. The molecule has 0 heterocycles. The van der Waals surface area contributed by atoms with Crippen LogP contribution in [0.3, 0.4) is 0 Å². The third kappa shape index (κ3) is 6.72. The molecule has 1 saturated carbocycles. The molecule has 1 rings (SSSR count). The fraction of sp³-hybridized carbons (Fsp3) is 1.00. The zero-order chi connectivity index (χ0) is 13.2. The van der Waals surface area contributed by atoms with E-state index in [1.165, 1.54) is 44.9 Å². The zero-order valence-corrected chi connectivity index (χ0v) is 12.2. The molecule has 0 aromatic rings. The van der Waals surface area contributed by atoms with Gasteiger partial charge in [0.15, 0.2) is 0 Å². The summed E-state index contributed by atoms with van der Waals surface area (Å²) in [4.78, 5) is 0. The van der Waals surface area contributed by atoms with Crippen molar-refractivity contribution >= 4 is 0 Å². The van der Waals surface area contributed by atoms with Crippen LogP contribution in [0.5, 0.6) is 0 Å². The molecule has 2 N–H and O–H groups in total. The summed E-state index contributed by atoms with van der Waals surface area (Å²) in [6.45, 7) is 6.40. The van der Waals surface area contributed by atoms with Crippen molar-refractivity contribution in [1.82, 2.24) is 5.32 Å². The minimum Gasteiger partial charge on any atom is -0.389 e. The van der Waals surface area contributed by atoms with E-state index in [2.05, 4.69) is 19.2 Å². The van der Waals surface area contributed by atoms with Gasteiger partial charge in [0.1, 0.15) is 0 Å². The van der Waals surface area contributed by atoms with Crippen LogP contribution in [0.15, 0.2) is 0 Å². The average molecular weight is 257 g/mol. The summed E-state index contributed by atoms with van der Waals surface area (Å²) in [5.74, 6) is 0.664. The molecule has 108 valence electrons. The third-order valence-electron chi connectivity index (χ3n) is 3.95. The molecule has 0 bridgehead atoms. The van der Waals surface area contributed by atoms with Gasteiger partial charge < -0.3 is 15.2 Å². The molecule has 3 heteroatoms. The first kappa shape index (κ1) is 15.9.